The van der Waals surface area contributed by atoms with E-state index >= 15 is 0 Å². The quantitative estimate of drug-likeness (QED) is 0.439. The maximum Gasteiger partial charge on any atom is 0.0701 e. The molecule has 1 N–H and O–H groups in total. The third-order valence-corrected chi connectivity index (χ3v) is 1.28. The molecule has 0 saturated carbocycles. The maximum absolute atomic E-state index is 8.72. The van der Waals surface area contributed by atoms with Gasteiger partial charge in [-0.2, -0.15) is 5.06 Å². The normalized spacial score (nSPS) is 11.0. The molecule has 0 aromatic rings. The first-order chi connectivity index (χ1) is 5.77. The molecular weight excluding hydrogens is 158 g/mol. The first-order valence-corrected chi connectivity index (χ1v) is 4.33. The maximum atomic E-state index is 8.72. The summed E-state index contributed by atoms with van der Waals surface area (Å²) in [5.41, 5.74) is 0. The molecule has 0 spiro atoms. The van der Waals surface area contributed by atoms with Crippen molar-refractivity contribution < 1.29 is 14.7 Å². The van der Waals surface area contributed by atoms with Crippen LogP contribution in [-0.2, 0) is 9.47 Å². The van der Waals surface area contributed by atoms with E-state index in [1.807, 2.05) is 0 Å². The molecule has 0 aliphatic heterocycles. The Morgan fingerprint density at radius 1 is 1.08 bits per heavy atom. The van der Waals surface area contributed by atoms with E-state index in [1.165, 1.54) is 0 Å². The van der Waals surface area contributed by atoms with Crippen LogP contribution in [0.25, 0.3) is 0 Å². The van der Waals surface area contributed by atoms with Crippen LogP contribution in [0.3, 0.4) is 0 Å². The van der Waals surface area contributed by atoms with Gasteiger partial charge in [-0.05, 0) is 6.42 Å². The molecule has 0 aromatic heterocycles. The Morgan fingerprint density at radius 3 is 2.17 bits per heavy atom. The Bertz CT molecular complexity index is 88.4. The lowest BCUT2D eigenvalue weighted by Crippen LogP contribution is -2.19. The number of nitrogens with zero attached hydrogens (tertiary/aromatic N) is 1. The van der Waals surface area contributed by atoms with Crippen LogP contribution in [0, 0.1) is 0 Å². The summed E-state index contributed by atoms with van der Waals surface area (Å²) in [5.74, 6) is 0. The molecule has 0 aliphatic rings. The molecule has 4 heteroatoms. The van der Waals surface area contributed by atoms with Crippen molar-refractivity contribution in [2.45, 2.75) is 13.3 Å². The standard InChI is InChI=1S/C8H19NO3/c1-3-5-11-7-8-12-6-4-9(2)10/h10H,3-8H2,1-2H3. The van der Waals surface area contributed by atoms with Gasteiger partial charge in [-0.15, -0.1) is 0 Å². The fourth-order valence-corrected chi connectivity index (χ4v) is 0.663. The lowest BCUT2D eigenvalue weighted by atomic mass is 10.5. The Hall–Kier alpha value is -0.160. The average molecular weight is 177 g/mol. The van der Waals surface area contributed by atoms with E-state index in [4.69, 9.17) is 14.7 Å². The molecule has 0 rings (SSSR count). The summed E-state index contributed by atoms with van der Waals surface area (Å²) in [6.45, 7) is 5.19. The summed E-state index contributed by atoms with van der Waals surface area (Å²) in [4.78, 5) is 0. The van der Waals surface area contributed by atoms with Crippen molar-refractivity contribution >= 4 is 0 Å². The molecule has 0 unspecified atom stereocenters. The molecule has 0 radical (unpaired) electrons. The molecule has 0 heterocycles. The molecule has 12 heavy (non-hydrogen) atoms. The topological polar surface area (TPSA) is 41.9 Å². The van der Waals surface area contributed by atoms with Gasteiger partial charge >= 0.3 is 0 Å². The van der Waals surface area contributed by atoms with E-state index in [0.717, 1.165) is 18.1 Å². The van der Waals surface area contributed by atoms with E-state index in [-0.39, 0.29) is 0 Å². The lowest BCUT2D eigenvalue weighted by Gasteiger charge is -2.08. The van der Waals surface area contributed by atoms with Crippen LogP contribution in [0.4, 0.5) is 0 Å². The summed E-state index contributed by atoms with van der Waals surface area (Å²) in [7, 11) is 1.59. The van der Waals surface area contributed by atoms with E-state index in [1.54, 1.807) is 7.05 Å². The Balaban J connectivity index is 2.82. The zero-order valence-electron chi connectivity index (χ0n) is 7.95. The largest absolute Gasteiger partial charge is 0.379 e. The summed E-state index contributed by atoms with van der Waals surface area (Å²) in [6.07, 6.45) is 1.04. The summed E-state index contributed by atoms with van der Waals surface area (Å²) in [5, 5.41) is 9.82. The lowest BCUT2D eigenvalue weighted by molar-refractivity contribution is -0.0829. The van der Waals surface area contributed by atoms with Crippen molar-refractivity contribution in [2.24, 2.45) is 0 Å². The Morgan fingerprint density at radius 2 is 1.67 bits per heavy atom. The highest BCUT2D eigenvalue weighted by Crippen LogP contribution is 1.82. The monoisotopic (exact) mass is 177 g/mol. The van der Waals surface area contributed by atoms with Gasteiger partial charge in [-0.1, -0.05) is 6.92 Å². The second-order valence-corrected chi connectivity index (χ2v) is 2.61. The summed E-state index contributed by atoms with van der Waals surface area (Å²) < 4.78 is 10.4. The van der Waals surface area contributed by atoms with Gasteiger partial charge in [0.05, 0.1) is 19.8 Å². The van der Waals surface area contributed by atoms with Crippen LogP contribution in [0.15, 0.2) is 0 Å². The van der Waals surface area contributed by atoms with Crippen LogP contribution in [0.1, 0.15) is 13.3 Å². The molecule has 4 nitrogen and oxygen atoms in total. The Labute approximate surface area is 74.0 Å². The second kappa shape index (κ2) is 8.93. The van der Waals surface area contributed by atoms with E-state index in [9.17, 15) is 0 Å². The molecule has 74 valence electrons. The van der Waals surface area contributed by atoms with Crippen LogP contribution in [0.2, 0.25) is 0 Å². The van der Waals surface area contributed by atoms with Crippen LogP contribution >= 0.6 is 0 Å². The van der Waals surface area contributed by atoms with Crippen molar-refractivity contribution in [2.75, 3.05) is 40.0 Å². The Kier molecular flexibility index (Phi) is 8.81. The molecule has 0 amide bonds. The van der Waals surface area contributed by atoms with Gasteiger partial charge in [-0.3, -0.25) is 0 Å². The fraction of sp³-hybridized carbons (Fsp3) is 1.00. The van der Waals surface area contributed by atoms with Crippen LogP contribution in [-0.4, -0.2) is 50.3 Å². The number of hydroxylamine groups is 2. The highest BCUT2D eigenvalue weighted by Gasteiger charge is 1.91. The van der Waals surface area contributed by atoms with Gasteiger partial charge in [0.15, 0.2) is 0 Å². The first-order valence-electron chi connectivity index (χ1n) is 4.33. The third-order valence-electron chi connectivity index (χ3n) is 1.28. The van der Waals surface area contributed by atoms with Crippen molar-refractivity contribution in [1.29, 1.82) is 0 Å². The average Bonchev–Trinajstić information content (AvgIpc) is 2.02. The van der Waals surface area contributed by atoms with Crippen molar-refractivity contribution in [1.82, 2.24) is 5.06 Å². The molecule has 0 aliphatic carbocycles. The molecular formula is C8H19NO3. The summed E-state index contributed by atoms with van der Waals surface area (Å²) in [6, 6.07) is 0. The second-order valence-electron chi connectivity index (χ2n) is 2.61. The minimum atomic E-state index is 0.535. The van der Waals surface area contributed by atoms with Crippen LogP contribution in [0.5, 0.6) is 0 Å². The molecule has 0 fully saturated rings. The fourth-order valence-electron chi connectivity index (χ4n) is 0.663. The van der Waals surface area contributed by atoms with Gasteiger partial charge < -0.3 is 14.7 Å². The van der Waals surface area contributed by atoms with Gasteiger partial charge in [0.1, 0.15) is 0 Å². The molecule has 0 atom stereocenters. The van der Waals surface area contributed by atoms with Gasteiger partial charge in [0.2, 0.25) is 0 Å². The number of rotatable bonds is 8. The van der Waals surface area contributed by atoms with Gasteiger partial charge in [0.25, 0.3) is 0 Å². The van der Waals surface area contributed by atoms with E-state index in [0.29, 0.717) is 26.4 Å². The molecule has 0 saturated heterocycles. The number of likely N-dealkylation sites (N-methyl/N-ethyl adjacent to an activating group) is 1. The predicted octanol–water partition coefficient (Wildman–Crippen LogP) is 0.751. The van der Waals surface area contributed by atoms with Crippen molar-refractivity contribution in [3.8, 4) is 0 Å². The van der Waals surface area contributed by atoms with Gasteiger partial charge in [0, 0.05) is 20.2 Å². The molecule has 0 aromatic carbocycles. The zero-order chi connectivity index (χ0) is 9.23. The highest BCUT2D eigenvalue weighted by atomic mass is 16.5. The summed E-state index contributed by atoms with van der Waals surface area (Å²) >= 11 is 0. The highest BCUT2D eigenvalue weighted by molar-refractivity contribution is 4.35. The zero-order valence-corrected chi connectivity index (χ0v) is 7.95. The predicted molar refractivity (Wildman–Crippen MR) is 46.3 cm³/mol. The number of hydrogen-bond donors (Lipinski definition) is 1. The van der Waals surface area contributed by atoms with E-state index < -0.39 is 0 Å². The minimum absolute atomic E-state index is 0.535. The van der Waals surface area contributed by atoms with Crippen LogP contribution < -0.4 is 0 Å². The third kappa shape index (κ3) is 9.84. The van der Waals surface area contributed by atoms with Crippen molar-refractivity contribution in [3.63, 3.8) is 0 Å². The molecule has 0 bridgehead atoms. The smallest absolute Gasteiger partial charge is 0.0701 e. The SMILES string of the molecule is CCCOCCOCCN(C)O. The minimum Gasteiger partial charge on any atom is -0.379 e. The first kappa shape index (κ1) is 11.8. The number of ether oxygens (including phenoxy) is 2. The van der Waals surface area contributed by atoms with Crippen molar-refractivity contribution in [3.05, 3.63) is 0 Å². The van der Waals surface area contributed by atoms with Gasteiger partial charge in [-0.25, -0.2) is 0 Å². The van der Waals surface area contributed by atoms with E-state index in [2.05, 4.69) is 6.92 Å². The number of hydrogen-bond acceptors (Lipinski definition) is 4.